The number of sulfone groups is 1. The van der Waals surface area contributed by atoms with Gasteiger partial charge < -0.3 is 10.6 Å². The summed E-state index contributed by atoms with van der Waals surface area (Å²) in [5, 5.41) is 4.58. The molecular weight excluding hydrogens is 396 g/mol. The Labute approximate surface area is 169 Å². The molecule has 28 heavy (non-hydrogen) atoms. The lowest BCUT2D eigenvalue weighted by atomic mass is 10.1. The fraction of sp³-hybridized carbons (Fsp3) is 0.300. The van der Waals surface area contributed by atoms with E-state index in [2.05, 4.69) is 10.6 Å². The highest BCUT2D eigenvalue weighted by Gasteiger charge is 2.27. The third-order valence-corrected chi connectivity index (χ3v) is 7.74. The van der Waals surface area contributed by atoms with Gasteiger partial charge in [-0.3, -0.25) is 9.59 Å². The molecule has 1 aliphatic rings. The summed E-state index contributed by atoms with van der Waals surface area (Å²) in [7, 11) is -3.69. The number of aryl methyl sites for hydroxylation is 1. The fourth-order valence-corrected chi connectivity index (χ4v) is 4.98. The van der Waals surface area contributed by atoms with Crippen LogP contribution in [0.1, 0.15) is 24.5 Å². The maximum absolute atomic E-state index is 12.8. The van der Waals surface area contributed by atoms with Crippen LogP contribution in [0.25, 0.3) is 0 Å². The number of amides is 2. The molecule has 0 radical (unpaired) electrons. The van der Waals surface area contributed by atoms with Gasteiger partial charge >= 0.3 is 0 Å². The fourth-order valence-electron chi connectivity index (χ4n) is 2.82. The SMILES string of the molecule is Cc1ccc(CNC(=O)C[C@H](C)S(=O)(=O)c2ccc3c(c2)NC(=O)CS3)cc1. The van der Waals surface area contributed by atoms with Crippen molar-refractivity contribution in [2.45, 2.75) is 41.9 Å². The van der Waals surface area contributed by atoms with Crippen LogP contribution >= 0.6 is 11.8 Å². The molecule has 2 N–H and O–H groups in total. The van der Waals surface area contributed by atoms with Crippen LogP contribution in [0.4, 0.5) is 5.69 Å². The molecule has 0 spiro atoms. The molecule has 6 nitrogen and oxygen atoms in total. The minimum atomic E-state index is -3.69. The first-order chi connectivity index (χ1) is 13.3. The lowest BCUT2D eigenvalue weighted by molar-refractivity contribution is -0.121. The molecule has 0 aromatic heterocycles. The second kappa shape index (κ2) is 8.36. The summed E-state index contributed by atoms with van der Waals surface area (Å²) in [6.45, 7) is 3.86. The van der Waals surface area contributed by atoms with Crippen LogP contribution in [-0.4, -0.2) is 31.2 Å². The van der Waals surface area contributed by atoms with Crippen LogP contribution in [0, 0.1) is 6.92 Å². The molecule has 2 amide bonds. The minimum Gasteiger partial charge on any atom is -0.352 e. The van der Waals surface area contributed by atoms with Gasteiger partial charge in [0.25, 0.3) is 0 Å². The van der Waals surface area contributed by atoms with E-state index in [-0.39, 0.29) is 23.1 Å². The lowest BCUT2D eigenvalue weighted by Gasteiger charge is -2.18. The molecule has 0 unspecified atom stereocenters. The zero-order chi connectivity index (χ0) is 20.3. The highest BCUT2D eigenvalue weighted by molar-refractivity contribution is 8.00. The van der Waals surface area contributed by atoms with Crippen LogP contribution in [0.15, 0.2) is 52.3 Å². The van der Waals surface area contributed by atoms with Crippen molar-refractivity contribution in [1.82, 2.24) is 5.32 Å². The van der Waals surface area contributed by atoms with Gasteiger partial charge in [0.2, 0.25) is 11.8 Å². The van der Waals surface area contributed by atoms with Crippen LogP contribution < -0.4 is 10.6 Å². The molecule has 2 aromatic rings. The summed E-state index contributed by atoms with van der Waals surface area (Å²) in [6, 6.07) is 12.5. The number of hydrogen-bond donors (Lipinski definition) is 2. The van der Waals surface area contributed by atoms with E-state index in [1.807, 2.05) is 31.2 Å². The molecular formula is C20H22N2O4S2. The molecule has 0 saturated carbocycles. The molecule has 8 heteroatoms. The average Bonchev–Trinajstić information content (AvgIpc) is 2.66. The Hall–Kier alpha value is -2.32. The van der Waals surface area contributed by atoms with Crippen molar-refractivity contribution < 1.29 is 18.0 Å². The smallest absolute Gasteiger partial charge is 0.234 e. The van der Waals surface area contributed by atoms with Gasteiger partial charge in [-0.25, -0.2) is 8.42 Å². The number of anilines is 1. The van der Waals surface area contributed by atoms with Crippen LogP contribution in [0.3, 0.4) is 0 Å². The van der Waals surface area contributed by atoms with Gasteiger partial charge in [0.15, 0.2) is 9.84 Å². The Bertz CT molecular complexity index is 1000. The third-order valence-electron chi connectivity index (χ3n) is 4.53. The Balaban J connectivity index is 1.64. The number of rotatable bonds is 6. The quantitative estimate of drug-likeness (QED) is 0.753. The molecule has 1 aliphatic heterocycles. The van der Waals surface area contributed by atoms with Gasteiger partial charge in [0.05, 0.1) is 21.6 Å². The number of fused-ring (bicyclic) bond motifs is 1. The number of carbonyl (C=O) groups excluding carboxylic acids is 2. The number of hydrogen-bond acceptors (Lipinski definition) is 5. The van der Waals surface area contributed by atoms with Crippen molar-refractivity contribution in [1.29, 1.82) is 0 Å². The summed E-state index contributed by atoms with van der Waals surface area (Å²) in [4.78, 5) is 24.7. The molecule has 0 bridgehead atoms. The van der Waals surface area contributed by atoms with E-state index in [0.29, 0.717) is 18.0 Å². The van der Waals surface area contributed by atoms with Gasteiger partial charge in [-0.1, -0.05) is 29.8 Å². The normalized spacial score (nSPS) is 14.7. The summed E-state index contributed by atoms with van der Waals surface area (Å²) in [6.07, 6.45) is -0.133. The molecule has 0 saturated heterocycles. The highest BCUT2D eigenvalue weighted by atomic mass is 32.2. The van der Waals surface area contributed by atoms with Crippen molar-refractivity contribution in [2.75, 3.05) is 11.1 Å². The third kappa shape index (κ3) is 4.74. The van der Waals surface area contributed by atoms with E-state index >= 15 is 0 Å². The van der Waals surface area contributed by atoms with Crippen molar-refractivity contribution in [3.63, 3.8) is 0 Å². The predicted molar refractivity (Wildman–Crippen MR) is 110 cm³/mol. The largest absolute Gasteiger partial charge is 0.352 e. The molecule has 1 atom stereocenters. The maximum atomic E-state index is 12.8. The van der Waals surface area contributed by atoms with Crippen molar-refractivity contribution >= 4 is 39.1 Å². The summed E-state index contributed by atoms with van der Waals surface area (Å²) in [5.41, 5.74) is 2.59. The second-order valence-electron chi connectivity index (χ2n) is 6.82. The molecule has 148 valence electrons. The average molecular weight is 419 g/mol. The van der Waals surface area contributed by atoms with Crippen molar-refractivity contribution in [3.05, 3.63) is 53.6 Å². The van der Waals surface area contributed by atoms with E-state index in [1.54, 1.807) is 6.07 Å². The number of thioether (sulfide) groups is 1. The van der Waals surface area contributed by atoms with Gasteiger partial charge in [-0.05, 0) is 37.6 Å². The van der Waals surface area contributed by atoms with Gasteiger partial charge in [-0.2, -0.15) is 0 Å². The Morgan fingerprint density at radius 3 is 2.64 bits per heavy atom. The molecule has 1 heterocycles. The molecule has 0 aliphatic carbocycles. The van der Waals surface area contributed by atoms with E-state index in [4.69, 9.17) is 0 Å². The first-order valence-electron chi connectivity index (χ1n) is 8.88. The van der Waals surface area contributed by atoms with Crippen molar-refractivity contribution in [3.8, 4) is 0 Å². The van der Waals surface area contributed by atoms with Gasteiger partial charge in [-0.15, -0.1) is 11.8 Å². The predicted octanol–water partition coefficient (Wildman–Crippen LogP) is 2.91. The lowest BCUT2D eigenvalue weighted by Crippen LogP contribution is -2.30. The number of benzene rings is 2. The van der Waals surface area contributed by atoms with Crippen LogP contribution in [0.5, 0.6) is 0 Å². The standard InChI is InChI=1S/C20H22N2O4S2/c1-13-3-5-15(6-4-13)11-21-19(23)9-14(2)28(25,26)16-7-8-18-17(10-16)22-20(24)12-27-18/h3-8,10,14H,9,11-12H2,1-2H3,(H,21,23)(H,22,24)/t14-/m0/s1. The highest BCUT2D eigenvalue weighted by Crippen LogP contribution is 2.34. The van der Waals surface area contributed by atoms with Gasteiger partial charge in [0.1, 0.15) is 0 Å². The topological polar surface area (TPSA) is 92.3 Å². The van der Waals surface area contributed by atoms with Crippen molar-refractivity contribution in [2.24, 2.45) is 0 Å². The molecule has 0 fully saturated rings. The Morgan fingerprint density at radius 1 is 1.21 bits per heavy atom. The second-order valence-corrected chi connectivity index (χ2v) is 10.2. The number of carbonyl (C=O) groups is 2. The Morgan fingerprint density at radius 2 is 1.93 bits per heavy atom. The van der Waals surface area contributed by atoms with Gasteiger partial charge in [0, 0.05) is 17.9 Å². The maximum Gasteiger partial charge on any atom is 0.234 e. The van der Waals surface area contributed by atoms with E-state index < -0.39 is 15.1 Å². The van der Waals surface area contributed by atoms with Crippen LogP contribution in [-0.2, 0) is 26.0 Å². The summed E-state index contributed by atoms with van der Waals surface area (Å²) < 4.78 is 25.7. The summed E-state index contributed by atoms with van der Waals surface area (Å²) >= 11 is 1.37. The minimum absolute atomic E-state index is 0.105. The monoisotopic (exact) mass is 418 g/mol. The van der Waals surface area contributed by atoms with E-state index in [1.165, 1.54) is 30.8 Å². The van der Waals surface area contributed by atoms with E-state index in [9.17, 15) is 18.0 Å². The van der Waals surface area contributed by atoms with Crippen LogP contribution in [0.2, 0.25) is 0 Å². The number of nitrogens with one attached hydrogen (secondary N) is 2. The Kier molecular flexibility index (Phi) is 6.10. The summed E-state index contributed by atoms with van der Waals surface area (Å²) in [5.74, 6) is -0.162. The molecule has 3 rings (SSSR count). The first-order valence-corrected chi connectivity index (χ1v) is 11.4. The zero-order valence-electron chi connectivity index (χ0n) is 15.7. The first kappa shape index (κ1) is 20.4. The van der Waals surface area contributed by atoms with E-state index in [0.717, 1.165) is 16.0 Å². The zero-order valence-corrected chi connectivity index (χ0v) is 17.3. The molecule has 2 aromatic carbocycles.